The lowest BCUT2D eigenvalue weighted by Gasteiger charge is -2.36. The van der Waals surface area contributed by atoms with Gasteiger partial charge in [0, 0.05) is 6.04 Å². The molecular weight excluding hydrogens is 386 g/mol. The van der Waals surface area contributed by atoms with Crippen molar-refractivity contribution in [3.05, 3.63) is 84.4 Å². The van der Waals surface area contributed by atoms with Crippen LogP contribution in [0.3, 0.4) is 0 Å². The monoisotopic (exact) mass is 417 g/mol. The second kappa shape index (κ2) is 8.22. The Balaban J connectivity index is 1.57. The zero-order chi connectivity index (χ0) is 21.5. The van der Waals surface area contributed by atoms with Gasteiger partial charge < -0.3 is 0 Å². The normalized spacial score (nSPS) is 17.6. The minimum atomic E-state index is 0.548. The van der Waals surface area contributed by atoms with E-state index in [1.165, 1.54) is 93.8 Å². The van der Waals surface area contributed by atoms with Gasteiger partial charge in [0.25, 0.3) is 0 Å². The Morgan fingerprint density at radius 2 is 1.38 bits per heavy atom. The van der Waals surface area contributed by atoms with Crippen LogP contribution in [0.4, 0.5) is 0 Å². The quantitative estimate of drug-likeness (QED) is 0.209. The van der Waals surface area contributed by atoms with Crippen molar-refractivity contribution in [1.29, 1.82) is 0 Å². The van der Waals surface area contributed by atoms with E-state index >= 15 is 0 Å². The molecule has 0 N–H and O–H groups in total. The van der Waals surface area contributed by atoms with Gasteiger partial charge in [-0.25, -0.2) is 0 Å². The summed E-state index contributed by atoms with van der Waals surface area (Å²) in [6, 6.07) is 30.4. The predicted octanol–water partition coefficient (Wildman–Crippen LogP) is 8.63. The average molecular weight is 418 g/mol. The highest BCUT2D eigenvalue weighted by atomic mass is 15.2. The number of hydrogen-bond donors (Lipinski definition) is 0. The maximum absolute atomic E-state index is 2.75. The van der Waals surface area contributed by atoms with Gasteiger partial charge >= 0.3 is 0 Å². The molecule has 6 rings (SSSR count). The Kier molecular flexibility index (Phi) is 5.08. The van der Waals surface area contributed by atoms with Crippen molar-refractivity contribution in [2.75, 3.05) is 13.1 Å². The van der Waals surface area contributed by atoms with Gasteiger partial charge in [-0.05, 0) is 105 Å². The van der Waals surface area contributed by atoms with Crippen molar-refractivity contribution < 1.29 is 0 Å². The first-order chi connectivity index (χ1) is 15.8. The third kappa shape index (κ3) is 3.36. The molecule has 0 bridgehead atoms. The zero-order valence-electron chi connectivity index (χ0n) is 19.0. The Morgan fingerprint density at radius 1 is 0.688 bits per heavy atom. The molecule has 0 amide bonds. The molecule has 5 aromatic rings. The summed E-state index contributed by atoms with van der Waals surface area (Å²) >= 11 is 0. The molecule has 1 saturated heterocycles. The lowest BCUT2D eigenvalue weighted by molar-refractivity contribution is 0.148. The van der Waals surface area contributed by atoms with Crippen LogP contribution in [0.5, 0.6) is 0 Å². The topological polar surface area (TPSA) is 3.24 Å². The molecular formula is C31H31N. The van der Waals surface area contributed by atoms with E-state index in [-0.39, 0.29) is 0 Å². The van der Waals surface area contributed by atoms with Crippen molar-refractivity contribution in [3.63, 3.8) is 0 Å². The molecule has 1 aliphatic heterocycles. The SMILES string of the molecule is CCCCN1CCCCC1c1cccc2cc3ccc4cc5ccccc5cc4c3cc12. The fraction of sp³-hybridized carbons (Fsp3) is 0.290. The summed E-state index contributed by atoms with van der Waals surface area (Å²) in [6.07, 6.45) is 6.52. The summed E-state index contributed by atoms with van der Waals surface area (Å²) in [6.45, 7) is 4.77. The third-order valence-electron chi connectivity index (χ3n) is 7.51. The standard InChI is InChI=1S/C31H31N/c1-2-3-16-32-17-7-6-13-31(32)27-12-8-11-24-19-26-15-14-25-18-22-9-4-5-10-23(22)20-28(25)30(26)21-29(24)27/h4-5,8-12,14-15,18-21,31H,2-3,6-7,13,16-17H2,1H3. The van der Waals surface area contributed by atoms with E-state index in [0.29, 0.717) is 6.04 Å². The first kappa shape index (κ1) is 19.8. The van der Waals surface area contributed by atoms with E-state index in [0.717, 1.165) is 0 Å². The molecule has 0 aliphatic carbocycles. The summed E-state index contributed by atoms with van der Waals surface area (Å²) in [5.74, 6) is 0. The highest BCUT2D eigenvalue weighted by Crippen LogP contribution is 2.38. The molecule has 1 nitrogen and oxygen atoms in total. The van der Waals surface area contributed by atoms with Gasteiger partial charge in [-0.2, -0.15) is 0 Å². The molecule has 1 heteroatoms. The summed E-state index contributed by atoms with van der Waals surface area (Å²) in [5, 5.41) is 10.9. The molecule has 0 aromatic heterocycles. The average Bonchev–Trinajstić information content (AvgIpc) is 2.85. The Bertz CT molecular complexity index is 1430. The van der Waals surface area contributed by atoms with Crippen molar-refractivity contribution >= 4 is 43.1 Å². The number of likely N-dealkylation sites (tertiary alicyclic amines) is 1. The lowest BCUT2D eigenvalue weighted by atomic mass is 9.89. The lowest BCUT2D eigenvalue weighted by Crippen LogP contribution is -2.34. The maximum Gasteiger partial charge on any atom is 0.0354 e. The Labute approximate surface area is 190 Å². The van der Waals surface area contributed by atoms with E-state index in [9.17, 15) is 0 Å². The zero-order valence-corrected chi connectivity index (χ0v) is 19.0. The molecule has 0 radical (unpaired) electrons. The molecule has 1 fully saturated rings. The summed E-state index contributed by atoms with van der Waals surface area (Å²) in [4.78, 5) is 2.75. The predicted molar refractivity (Wildman–Crippen MR) is 140 cm³/mol. The first-order valence-electron chi connectivity index (χ1n) is 12.3. The first-order valence-corrected chi connectivity index (χ1v) is 12.3. The van der Waals surface area contributed by atoms with Crippen LogP contribution in [-0.4, -0.2) is 18.0 Å². The minimum absolute atomic E-state index is 0.548. The smallest absolute Gasteiger partial charge is 0.0354 e. The molecule has 160 valence electrons. The van der Waals surface area contributed by atoms with Crippen LogP contribution in [0.25, 0.3) is 43.1 Å². The molecule has 5 aromatic carbocycles. The van der Waals surface area contributed by atoms with Crippen LogP contribution in [0.15, 0.2) is 78.9 Å². The number of piperidine rings is 1. The van der Waals surface area contributed by atoms with Crippen LogP contribution in [0.2, 0.25) is 0 Å². The van der Waals surface area contributed by atoms with E-state index in [4.69, 9.17) is 0 Å². The fourth-order valence-corrected chi connectivity index (χ4v) is 5.81. The molecule has 1 unspecified atom stereocenters. The molecule has 1 aliphatic rings. The van der Waals surface area contributed by atoms with Gasteiger partial charge in [0.05, 0.1) is 0 Å². The molecule has 1 heterocycles. The second-order valence-corrected chi connectivity index (χ2v) is 9.53. The van der Waals surface area contributed by atoms with Gasteiger partial charge in [0.1, 0.15) is 0 Å². The number of nitrogens with zero attached hydrogens (tertiary/aromatic N) is 1. The highest BCUT2D eigenvalue weighted by molar-refractivity contribution is 6.15. The van der Waals surface area contributed by atoms with E-state index in [2.05, 4.69) is 90.7 Å². The van der Waals surface area contributed by atoms with Crippen molar-refractivity contribution in [3.8, 4) is 0 Å². The van der Waals surface area contributed by atoms with Crippen LogP contribution in [0.1, 0.15) is 50.6 Å². The van der Waals surface area contributed by atoms with E-state index in [1.807, 2.05) is 0 Å². The summed E-state index contributed by atoms with van der Waals surface area (Å²) in [5.41, 5.74) is 1.53. The molecule has 0 spiro atoms. The number of fused-ring (bicyclic) bond motifs is 5. The van der Waals surface area contributed by atoms with Crippen molar-refractivity contribution in [2.45, 2.75) is 45.1 Å². The van der Waals surface area contributed by atoms with Crippen molar-refractivity contribution in [2.24, 2.45) is 0 Å². The van der Waals surface area contributed by atoms with Gasteiger partial charge in [-0.3, -0.25) is 4.90 Å². The fourth-order valence-electron chi connectivity index (χ4n) is 5.81. The number of unbranched alkanes of at least 4 members (excludes halogenated alkanes) is 1. The van der Waals surface area contributed by atoms with E-state index in [1.54, 1.807) is 0 Å². The maximum atomic E-state index is 2.75. The summed E-state index contributed by atoms with van der Waals surface area (Å²) < 4.78 is 0. The Morgan fingerprint density at radius 3 is 2.19 bits per heavy atom. The van der Waals surface area contributed by atoms with E-state index < -0.39 is 0 Å². The van der Waals surface area contributed by atoms with Gasteiger partial charge in [-0.1, -0.05) is 74.4 Å². The Hall–Kier alpha value is -2.90. The minimum Gasteiger partial charge on any atom is -0.296 e. The van der Waals surface area contributed by atoms with Crippen LogP contribution >= 0.6 is 0 Å². The highest BCUT2D eigenvalue weighted by Gasteiger charge is 2.25. The van der Waals surface area contributed by atoms with Gasteiger partial charge in [-0.15, -0.1) is 0 Å². The number of rotatable bonds is 4. The van der Waals surface area contributed by atoms with Crippen LogP contribution < -0.4 is 0 Å². The van der Waals surface area contributed by atoms with Gasteiger partial charge in [0.15, 0.2) is 0 Å². The molecule has 0 saturated carbocycles. The van der Waals surface area contributed by atoms with Crippen LogP contribution in [0, 0.1) is 0 Å². The molecule has 32 heavy (non-hydrogen) atoms. The number of benzene rings is 5. The number of hydrogen-bond acceptors (Lipinski definition) is 1. The van der Waals surface area contributed by atoms with Crippen molar-refractivity contribution in [1.82, 2.24) is 4.90 Å². The summed E-state index contributed by atoms with van der Waals surface area (Å²) in [7, 11) is 0. The second-order valence-electron chi connectivity index (χ2n) is 9.53. The van der Waals surface area contributed by atoms with Crippen LogP contribution in [-0.2, 0) is 0 Å². The molecule has 1 atom stereocenters. The third-order valence-corrected chi connectivity index (χ3v) is 7.51. The largest absolute Gasteiger partial charge is 0.296 e. The van der Waals surface area contributed by atoms with Gasteiger partial charge in [0.2, 0.25) is 0 Å².